The van der Waals surface area contributed by atoms with Crippen LogP contribution in [0.5, 0.6) is 5.75 Å². The molecule has 0 amide bonds. The number of ketones is 1. The quantitative estimate of drug-likeness (QED) is 0.450. The number of carbonyl (C=O) groups excluding carboxylic acids is 1. The standard InChI is InChI=1S/C30H45NO3/c1-27(2,3)21-13-19(14-22(25(21)32)28(4,5)6)17-31(34)18-20-15-23(29(7,8)9)26(33)24(16-20)30(10,11)12/h13-17,33-34H,18H2,1-12H3. The second-order valence-electron chi connectivity index (χ2n) is 13.7. The van der Waals surface area contributed by atoms with Gasteiger partial charge in [0.1, 0.15) is 5.75 Å². The van der Waals surface area contributed by atoms with E-state index in [-0.39, 0.29) is 34.0 Å². The summed E-state index contributed by atoms with van der Waals surface area (Å²) in [4.78, 5) is 13.2. The zero-order chi connectivity index (χ0) is 26.4. The van der Waals surface area contributed by atoms with Gasteiger partial charge in [-0.25, -0.2) is 0 Å². The van der Waals surface area contributed by atoms with E-state index in [9.17, 15) is 15.1 Å². The summed E-state index contributed by atoms with van der Waals surface area (Å²) in [6, 6.07) is 3.95. The Morgan fingerprint density at radius 3 is 1.44 bits per heavy atom. The predicted octanol–water partition coefficient (Wildman–Crippen LogP) is 7.59. The molecule has 1 aromatic rings. The zero-order valence-corrected chi connectivity index (χ0v) is 23.3. The van der Waals surface area contributed by atoms with Gasteiger partial charge in [-0.05, 0) is 68.2 Å². The highest BCUT2D eigenvalue weighted by Crippen LogP contribution is 2.41. The van der Waals surface area contributed by atoms with Gasteiger partial charge in [0, 0.05) is 17.3 Å². The van der Waals surface area contributed by atoms with E-state index >= 15 is 0 Å². The maximum atomic E-state index is 13.2. The van der Waals surface area contributed by atoms with Gasteiger partial charge in [0.25, 0.3) is 0 Å². The van der Waals surface area contributed by atoms with E-state index in [1.807, 2.05) is 65.8 Å². The third-order valence-corrected chi connectivity index (χ3v) is 6.16. The molecule has 1 aliphatic rings. The first-order chi connectivity index (χ1) is 15.1. The smallest absolute Gasteiger partial charge is 0.186 e. The molecule has 4 heteroatoms. The minimum absolute atomic E-state index is 0.0739. The van der Waals surface area contributed by atoms with Crippen molar-refractivity contribution in [1.82, 2.24) is 5.06 Å². The summed E-state index contributed by atoms with van der Waals surface area (Å²) in [6.07, 6.45) is 5.46. The van der Waals surface area contributed by atoms with Crippen molar-refractivity contribution < 1.29 is 15.1 Å². The summed E-state index contributed by atoms with van der Waals surface area (Å²) in [5.74, 6) is 0.401. The minimum Gasteiger partial charge on any atom is -0.507 e. The fourth-order valence-electron chi connectivity index (χ4n) is 4.17. The van der Waals surface area contributed by atoms with Gasteiger partial charge in [0.05, 0.1) is 6.54 Å². The molecule has 0 aliphatic heterocycles. The van der Waals surface area contributed by atoms with Crippen molar-refractivity contribution in [2.75, 3.05) is 0 Å². The van der Waals surface area contributed by atoms with Gasteiger partial charge in [0.2, 0.25) is 0 Å². The Hall–Kier alpha value is -2.33. The minimum atomic E-state index is -0.304. The van der Waals surface area contributed by atoms with Crippen LogP contribution in [0.4, 0.5) is 0 Å². The summed E-state index contributed by atoms with van der Waals surface area (Å²) in [5.41, 5.74) is 3.84. The molecule has 34 heavy (non-hydrogen) atoms. The average molecular weight is 468 g/mol. The summed E-state index contributed by atoms with van der Waals surface area (Å²) in [7, 11) is 0. The molecular formula is C30H45NO3. The fourth-order valence-corrected chi connectivity index (χ4v) is 4.17. The molecule has 1 aliphatic carbocycles. The molecule has 0 aromatic heterocycles. The first-order valence-corrected chi connectivity index (χ1v) is 12.2. The molecule has 0 atom stereocenters. The van der Waals surface area contributed by atoms with Gasteiger partial charge in [0.15, 0.2) is 5.78 Å². The number of phenolic OH excluding ortho intramolecular Hbond substituents is 1. The van der Waals surface area contributed by atoms with Crippen LogP contribution in [-0.4, -0.2) is 21.2 Å². The third kappa shape index (κ3) is 6.41. The molecule has 0 heterocycles. The average Bonchev–Trinajstić information content (AvgIpc) is 2.60. The van der Waals surface area contributed by atoms with Crippen molar-refractivity contribution in [3.05, 3.63) is 63.9 Å². The van der Waals surface area contributed by atoms with Crippen LogP contribution >= 0.6 is 0 Å². The largest absolute Gasteiger partial charge is 0.507 e. The van der Waals surface area contributed by atoms with Gasteiger partial charge in [-0.3, -0.25) is 15.1 Å². The van der Waals surface area contributed by atoms with Crippen molar-refractivity contribution in [2.45, 2.75) is 100 Å². The van der Waals surface area contributed by atoms with Crippen LogP contribution in [0, 0.1) is 10.8 Å². The molecule has 2 N–H and O–H groups in total. The van der Waals surface area contributed by atoms with Crippen LogP contribution in [0.1, 0.15) is 99.8 Å². The topological polar surface area (TPSA) is 60.8 Å². The van der Waals surface area contributed by atoms with E-state index in [0.717, 1.165) is 33.4 Å². The fraction of sp³-hybridized carbons (Fsp3) is 0.567. The van der Waals surface area contributed by atoms with E-state index < -0.39 is 0 Å². The lowest BCUT2D eigenvalue weighted by Gasteiger charge is -2.31. The third-order valence-electron chi connectivity index (χ3n) is 6.16. The molecule has 0 bridgehead atoms. The van der Waals surface area contributed by atoms with E-state index in [1.54, 1.807) is 6.20 Å². The SMILES string of the molecule is CC(C)(C)C1=CC(=CN(O)Cc2cc(C(C)(C)C)c(O)c(C(C)(C)C)c2)C=C(C(C)(C)C)C1=O. The maximum Gasteiger partial charge on any atom is 0.186 e. The summed E-state index contributed by atoms with van der Waals surface area (Å²) >= 11 is 0. The molecule has 0 unspecified atom stereocenters. The Morgan fingerprint density at radius 2 is 1.12 bits per heavy atom. The number of carbonyl (C=O) groups is 1. The highest BCUT2D eigenvalue weighted by Gasteiger charge is 2.34. The lowest BCUT2D eigenvalue weighted by Crippen LogP contribution is -2.28. The van der Waals surface area contributed by atoms with Crippen molar-refractivity contribution >= 4 is 5.78 Å². The number of aromatic hydroxyl groups is 1. The molecule has 0 saturated heterocycles. The van der Waals surface area contributed by atoms with Gasteiger partial charge >= 0.3 is 0 Å². The lowest BCUT2D eigenvalue weighted by molar-refractivity contribution is -0.114. The van der Waals surface area contributed by atoms with Crippen LogP contribution in [0.3, 0.4) is 0 Å². The molecule has 0 saturated carbocycles. The van der Waals surface area contributed by atoms with E-state index in [0.29, 0.717) is 5.75 Å². The molecular weight excluding hydrogens is 422 g/mol. The Balaban J connectivity index is 2.54. The van der Waals surface area contributed by atoms with Gasteiger partial charge < -0.3 is 5.11 Å². The van der Waals surface area contributed by atoms with Crippen molar-refractivity contribution in [2.24, 2.45) is 10.8 Å². The van der Waals surface area contributed by atoms with E-state index in [2.05, 4.69) is 41.5 Å². The van der Waals surface area contributed by atoms with Crippen molar-refractivity contribution in [3.63, 3.8) is 0 Å². The van der Waals surface area contributed by atoms with Crippen LogP contribution < -0.4 is 0 Å². The molecule has 1 aromatic carbocycles. The number of Topliss-reactive ketones (excluding diaryl/α,β-unsaturated/α-hetero) is 1. The Kier molecular flexibility index (Phi) is 7.42. The number of rotatable bonds is 3. The van der Waals surface area contributed by atoms with Crippen molar-refractivity contribution in [1.29, 1.82) is 0 Å². The number of hydroxylamine groups is 2. The molecule has 0 fully saturated rings. The second-order valence-corrected chi connectivity index (χ2v) is 13.7. The predicted molar refractivity (Wildman–Crippen MR) is 141 cm³/mol. The second kappa shape index (κ2) is 9.03. The number of hydrogen-bond donors (Lipinski definition) is 2. The molecule has 2 rings (SSSR count). The van der Waals surface area contributed by atoms with E-state index in [4.69, 9.17) is 0 Å². The Morgan fingerprint density at radius 1 is 0.735 bits per heavy atom. The number of benzene rings is 1. The highest BCUT2D eigenvalue weighted by molar-refractivity contribution is 6.11. The number of allylic oxidation sites excluding steroid dienone is 5. The van der Waals surface area contributed by atoms with E-state index in [1.165, 1.54) is 5.06 Å². The van der Waals surface area contributed by atoms with Crippen LogP contribution in [-0.2, 0) is 22.2 Å². The Labute approximate surface area is 207 Å². The molecule has 0 radical (unpaired) electrons. The number of nitrogens with zero attached hydrogens (tertiary/aromatic N) is 1. The van der Waals surface area contributed by atoms with Gasteiger partial charge in [-0.1, -0.05) is 83.1 Å². The Bertz CT molecular complexity index is 971. The molecule has 4 nitrogen and oxygen atoms in total. The first-order valence-electron chi connectivity index (χ1n) is 12.2. The summed E-state index contributed by atoms with van der Waals surface area (Å²) < 4.78 is 0. The van der Waals surface area contributed by atoms with Crippen LogP contribution in [0.15, 0.2) is 47.2 Å². The number of phenols is 1. The normalized spacial score (nSPS) is 15.8. The zero-order valence-electron chi connectivity index (χ0n) is 23.3. The maximum absolute atomic E-state index is 13.2. The number of hydrogen-bond acceptors (Lipinski definition) is 4. The summed E-state index contributed by atoms with van der Waals surface area (Å²) in [6.45, 7) is 24.9. The molecule has 0 spiro atoms. The lowest BCUT2D eigenvalue weighted by atomic mass is 9.72. The monoisotopic (exact) mass is 467 g/mol. The van der Waals surface area contributed by atoms with Gasteiger partial charge in [-0.15, -0.1) is 0 Å². The van der Waals surface area contributed by atoms with Crippen LogP contribution in [0.25, 0.3) is 0 Å². The van der Waals surface area contributed by atoms with Crippen molar-refractivity contribution in [3.8, 4) is 5.75 Å². The highest BCUT2D eigenvalue weighted by atomic mass is 16.5. The van der Waals surface area contributed by atoms with Gasteiger partial charge in [-0.2, -0.15) is 0 Å². The molecule has 188 valence electrons. The van der Waals surface area contributed by atoms with Crippen LogP contribution in [0.2, 0.25) is 0 Å². The summed E-state index contributed by atoms with van der Waals surface area (Å²) in [5, 5.41) is 23.1. The first kappa shape index (κ1) is 27.9.